The normalized spacial score (nSPS) is 11.0. The highest BCUT2D eigenvalue weighted by Gasteiger charge is 2.13. The standard InChI is InChI=1S/C21H19N5O2S/c1-13-8-9-16(14(2)10-13)22-19(28)12-29-21-24-20(15-6-4-3-5-7-15)23-17-11-18(27)25-26(17)21/h3-11H,12H2,1-2H3,(H,22,28)(H,25,27). The summed E-state index contributed by atoms with van der Waals surface area (Å²) in [5.41, 5.74) is 3.96. The fourth-order valence-electron chi connectivity index (χ4n) is 2.97. The van der Waals surface area contributed by atoms with Crippen molar-refractivity contribution in [2.45, 2.75) is 19.0 Å². The van der Waals surface area contributed by atoms with Crippen LogP contribution in [0.25, 0.3) is 17.0 Å². The Morgan fingerprint density at radius 1 is 1.10 bits per heavy atom. The van der Waals surface area contributed by atoms with Crippen molar-refractivity contribution in [1.29, 1.82) is 0 Å². The molecular weight excluding hydrogens is 386 g/mol. The average Bonchev–Trinajstić information content (AvgIpc) is 3.09. The molecule has 0 unspecified atom stereocenters. The molecule has 0 aliphatic rings. The van der Waals surface area contributed by atoms with Gasteiger partial charge in [-0.2, -0.15) is 0 Å². The van der Waals surface area contributed by atoms with Crippen molar-refractivity contribution in [3.05, 3.63) is 76.1 Å². The molecule has 4 rings (SSSR count). The van der Waals surface area contributed by atoms with Crippen LogP contribution in [0.15, 0.2) is 64.5 Å². The van der Waals surface area contributed by atoms with Crippen LogP contribution in [-0.4, -0.2) is 31.2 Å². The molecule has 2 aromatic carbocycles. The molecule has 146 valence electrons. The van der Waals surface area contributed by atoms with Crippen molar-refractivity contribution in [2.75, 3.05) is 11.1 Å². The van der Waals surface area contributed by atoms with Crippen molar-refractivity contribution in [3.63, 3.8) is 0 Å². The number of H-pyrrole nitrogens is 1. The molecule has 0 saturated heterocycles. The molecule has 29 heavy (non-hydrogen) atoms. The van der Waals surface area contributed by atoms with Gasteiger partial charge in [0.05, 0.1) is 5.75 Å². The van der Waals surface area contributed by atoms with Crippen molar-refractivity contribution in [1.82, 2.24) is 19.6 Å². The number of aromatic amines is 1. The molecule has 7 nitrogen and oxygen atoms in total. The van der Waals surface area contributed by atoms with E-state index in [9.17, 15) is 9.59 Å². The Hall–Kier alpha value is -3.39. The summed E-state index contributed by atoms with van der Waals surface area (Å²) in [4.78, 5) is 33.3. The number of carbonyl (C=O) groups excluding carboxylic acids is 1. The Morgan fingerprint density at radius 3 is 2.66 bits per heavy atom. The third-order valence-electron chi connectivity index (χ3n) is 4.34. The number of fused-ring (bicyclic) bond motifs is 1. The van der Waals surface area contributed by atoms with E-state index >= 15 is 0 Å². The average molecular weight is 405 g/mol. The van der Waals surface area contributed by atoms with Crippen LogP contribution in [0.5, 0.6) is 0 Å². The van der Waals surface area contributed by atoms with Gasteiger partial charge in [-0.05, 0) is 25.5 Å². The lowest BCUT2D eigenvalue weighted by molar-refractivity contribution is -0.113. The van der Waals surface area contributed by atoms with Crippen LogP contribution in [0.1, 0.15) is 11.1 Å². The minimum Gasteiger partial charge on any atom is -0.325 e. The van der Waals surface area contributed by atoms with Gasteiger partial charge in [-0.1, -0.05) is 59.8 Å². The van der Waals surface area contributed by atoms with Gasteiger partial charge in [-0.15, -0.1) is 0 Å². The number of amides is 1. The van der Waals surface area contributed by atoms with Crippen LogP contribution >= 0.6 is 11.8 Å². The van der Waals surface area contributed by atoms with Gasteiger partial charge in [0.25, 0.3) is 5.56 Å². The van der Waals surface area contributed by atoms with E-state index in [0.29, 0.717) is 16.6 Å². The van der Waals surface area contributed by atoms with E-state index in [0.717, 1.165) is 22.4 Å². The molecule has 4 aromatic rings. The van der Waals surface area contributed by atoms with Crippen molar-refractivity contribution < 1.29 is 4.79 Å². The van der Waals surface area contributed by atoms with E-state index in [1.165, 1.54) is 22.3 Å². The predicted molar refractivity (Wildman–Crippen MR) is 114 cm³/mol. The Kier molecular flexibility index (Phi) is 5.18. The summed E-state index contributed by atoms with van der Waals surface area (Å²) in [7, 11) is 0. The van der Waals surface area contributed by atoms with Crippen LogP contribution in [0.3, 0.4) is 0 Å². The molecule has 2 heterocycles. The molecule has 0 aliphatic carbocycles. The van der Waals surface area contributed by atoms with Gasteiger partial charge in [0.15, 0.2) is 16.6 Å². The monoisotopic (exact) mass is 405 g/mol. The van der Waals surface area contributed by atoms with E-state index in [1.807, 2.05) is 62.4 Å². The number of carbonyl (C=O) groups is 1. The van der Waals surface area contributed by atoms with Crippen LogP contribution in [-0.2, 0) is 4.79 Å². The lowest BCUT2D eigenvalue weighted by Crippen LogP contribution is -2.16. The van der Waals surface area contributed by atoms with Gasteiger partial charge in [0.1, 0.15) is 0 Å². The number of benzene rings is 2. The fraction of sp³-hybridized carbons (Fsp3) is 0.143. The first-order valence-corrected chi connectivity index (χ1v) is 10.0. The highest BCUT2D eigenvalue weighted by molar-refractivity contribution is 7.99. The van der Waals surface area contributed by atoms with Crippen molar-refractivity contribution in [3.8, 4) is 11.4 Å². The summed E-state index contributed by atoms with van der Waals surface area (Å²) in [5.74, 6) is 0.500. The summed E-state index contributed by atoms with van der Waals surface area (Å²) in [6.07, 6.45) is 0. The second kappa shape index (κ2) is 7.92. The van der Waals surface area contributed by atoms with E-state index < -0.39 is 0 Å². The number of aromatic nitrogens is 4. The first-order chi connectivity index (χ1) is 14.0. The van der Waals surface area contributed by atoms with Gasteiger partial charge >= 0.3 is 0 Å². The maximum absolute atomic E-state index is 12.5. The zero-order chi connectivity index (χ0) is 20.4. The Bertz CT molecular complexity index is 1250. The first-order valence-electron chi connectivity index (χ1n) is 9.05. The zero-order valence-corrected chi connectivity index (χ0v) is 16.8. The smallest absolute Gasteiger partial charge is 0.266 e. The summed E-state index contributed by atoms with van der Waals surface area (Å²) in [6, 6.07) is 16.8. The number of hydrogen-bond donors (Lipinski definition) is 2. The SMILES string of the molecule is Cc1ccc(NC(=O)CSc2nc(-c3ccccc3)nc3cc(=O)[nH]n23)c(C)c1. The fourth-order valence-corrected chi connectivity index (χ4v) is 3.72. The molecule has 0 aliphatic heterocycles. The number of rotatable bonds is 5. The highest BCUT2D eigenvalue weighted by Crippen LogP contribution is 2.22. The molecule has 0 bridgehead atoms. The summed E-state index contributed by atoms with van der Waals surface area (Å²) in [5, 5.41) is 6.09. The van der Waals surface area contributed by atoms with Crippen LogP contribution in [0, 0.1) is 13.8 Å². The molecule has 0 spiro atoms. The number of nitrogens with zero attached hydrogens (tertiary/aromatic N) is 3. The Balaban J connectivity index is 1.58. The number of hydrogen-bond acceptors (Lipinski definition) is 5. The van der Waals surface area contributed by atoms with Crippen molar-refractivity contribution in [2.24, 2.45) is 0 Å². The quantitative estimate of drug-likeness (QED) is 0.496. The maximum atomic E-state index is 12.5. The van der Waals surface area contributed by atoms with Gasteiger partial charge < -0.3 is 5.32 Å². The van der Waals surface area contributed by atoms with Gasteiger partial charge in [-0.3, -0.25) is 14.7 Å². The molecule has 0 radical (unpaired) electrons. The number of anilines is 1. The second-order valence-corrected chi connectivity index (χ2v) is 7.61. The Morgan fingerprint density at radius 2 is 1.90 bits per heavy atom. The molecule has 0 saturated carbocycles. The zero-order valence-electron chi connectivity index (χ0n) is 16.0. The lowest BCUT2D eigenvalue weighted by atomic mass is 10.1. The van der Waals surface area contributed by atoms with Crippen LogP contribution < -0.4 is 10.9 Å². The molecule has 0 fully saturated rings. The summed E-state index contributed by atoms with van der Waals surface area (Å²) < 4.78 is 1.50. The van der Waals surface area contributed by atoms with E-state index in [-0.39, 0.29) is 17.2 Å². The van der Waals surface area contributed by atoms with E-state index in [2.05, 4.69) is 20.4 Å². The summed E-state index contributed by atoms with van der Waals surface area (Å²) >= 11 is 1.24. The van der Waals surface area contributed by atoms with Gasteiger partial charge in [0, 0.05) is 17.3 Å². The highest BCUT2D eigenvalue weighted by atomic mass is 32.2. The largest absolute Gasteiger partial charge is 0.325 e. The number of thioether (sulfide) groups is 1. The second-order valence-electron chi connectivity index (χ2n) is 6.67. The van der Waals surface area contributed by atoms with E-state index in [4.69, 9.17) is 0 Å². The molecule has 8 heteroatoms. The summed E-state index contributed by atoms with van der Waals surface area (Å²) in [6.45, 7) is 3.97. The first kappa shape index (κ1) is 18.9. The maximum Gasteiger partial charge on any atom is 0.266 e. The van der Waals surface area contributed by atoms with Crippen molar-refractivity contribution >= 4 is 29.0 Å². The van der Waals surface area contributed by atoms with Crippen LogP contribution in [0.2, 0.25) is 0 Å². The minimum absolute atomic E-state index is 0.147. The third-order valence-corrected chi connectivity index (χ3v) is 5.28. The lowest BCUT2D eigenvalue weighted by Gasteiger charge is -2.10. The molecular formula is C21H19N5O2S. The topological polar surface area (TPSA) is 92.2 Å². The minimum atomic E-state index is -0.272. The van der Waals surface area contributed by atoms with E-state index in [1.54, 1.807) is 0 Å². The third kappa shape index (κ3) is 4.22. The van der Waals surface area contributed by atoms with Crippen LogP contribution in [0.4, 0.5) is 5.69 Å². The Labute approximate surface area is 171 Å². The number of aryl methyl sites for hydroxylation is 2. The number of nitrogens with one attached hydrogen (secondary N) is 2. The van der Waals surface area contributed by atoms with Gasteiger partial charge in [-0.25, -0.2) is 14.5 Å². The van der Waals surface area contributed by atoms with Gasteiger partial charge in [0.2, 0.25) is 5.91 Å². The molecule has 2 aromatic heterocycles. The molecule has 0 atom stereocenters. The molecule has 1 amide bonds. The predicted octanol–water partition coefficient (Wildman–Crippen LogP) is 3.43. The molecule has 2 N–H and O–H groups in total.